The molecule has 19 heavy (non-hydrogen) atoms. The number of rotatable bonds is 10. The second kappa shape index (κ2) is 13.1. The van der Waals surface area contributed by atoms with Crippen LogP contribution in [0.1, 0.15) is 44.9 Å². The molecule has 1 unspecified atom stereocenters. The summed E-state index contributed by atoms with van der Waals surface area (Å²) in [6.07, 6.45) is 5.79. The molecule has 0 fully saturated rings. The van der Waals surface area contributed by atoms with E-state index in [9.17, 15) is 9.90 Å². The number of hydrogen-bond acceptors (Lipinski definition) is 4. The molecule has 2 N–H and O–H groups in total. The van der Waals surface area contributed by atoms with Crippen molar-refractivity contribution in [3.8, 4) is 11.8 Å². The van der Waals surface area contributed by atoms with Crippen molar-refractivity contribution in [3.63, 3.8) is 0 Å². The number of carbonyl (C=O) groups is 1. The molecule has 0 aromatic heterocycles. The zero-order valence-corrected chi connectivity index (χ0v) is 11.4. The Morgan fingerprint density at radius 1 is 1.32 bits per heavy atom. The van der Waals surface area contributed by atoms with Crippen LogP contribution in [-0.2, 0) is 9.53 Å². The molecule has 0 heterocycles. The summed E-state index contributed by atoms with van der Waals surface area (Å²) in [4.78, 5) is 11.4. The highest BCUT2D eigenvalue weighted by atomic mass is 16.5. The third-order valence-electron chi connectivity index (χ3n) is 2.51. The maximum Gasteiger partial charge on any atom is 0.308 e. The molecule has 0 spiro atoms. The fourth-order valence-electron chi connectivity index (χ4n) is 1.50. The van der Waals surface area contributed by atoms with Gasteiger partial charge in [-0.3, -0.25) is 4.79 Å². The van der Waals surface area contributed by atoms with E-state index in [1.54, 1.807) is 6.08 Å². The van der Waals surface area contributed by atoms with Gasteiger partial charge >= 0.3 is 5.97 Å². The second-order valence-electron chi connectivity index (χ2n) is 4.27. The Bertz CT molecular complexity index is 301. The second-order valence-corrected chi connectivity index (χ2v) is 4.27. The van der Waals surface area contributed by atoms with Crippen LogP contribution in [-0.4, -0.2) is 35.5 Å². The van der Waals surface area contributed by atoms with Gasteiger partial charge in [-0.15, -0.1) is 12.5 Å². The van der Waals surface area contributed by atoms with E-state index in [0.29, 0.717) is 19.4 Å². The molecule has 0 aromatic rings. The first kappa shape index (κ1) is 17.7. The number of ether oxygens (including phenoxy) is 1. The zero-order valence-electron chi connectivity index (χ0n) is 11.4. The lowest BCUT2D eigenvalue weighted by Crippen LogP contribution is -2.16. The molecule has 0 radical (unpaired) electrons. The Balaban J connectivity index is 3.45. The van der Waals surface area contributed by atoms with Crippen molar-refractivity contribution in [1.82, 2.24) is 0 Å². The van der Waals surface area contributed by atoms with Crippen LogP contribution in [0, 0.1) is 11.8 Å². The van der Waals surface area contributed by atoms with Gasteiger partial charge in [0.1, 0.15) is 6.61 Å². The van der Waals surface area contributed by atoms with Crippen LogP contribution in [0.3, 0.4) is 0 Å². The molecule has 0 aliphatic heterocycles. The topological polar surface area (TPSA) is 66.8 Å². The Labute approximate surface area is 115 Å². The van der Waals surface area contributed by atoms with Crippen LogP contribution >= 0.6 is 0 Å². The normalized spacial score (nSPS) is 11.3. The minimum absolute atomic E-state index is 0.0570. The summed E-state index contributed by atoms with van der Waals surface area (Å²) in [5.41, 5.74) is 0. The lowest BCUT2D eigenvalue weighted by atomic mass is 10.1. The van der Waals surface area contributed by atoms with Crippen LogP contribution in [0.4, 0.5) is 0 Å². The molecule has 0 saturated carbocycles. The monoisotopic (exact) mass is 268 g/mol. The number of esters is 1. The van der Waals surface area contributed by atoms with Crippen LogP contribution in [0.15, 0.2) is 12.7 Å². The number of unbranched alkanes of at least 4 members (excludes halogenated alkanes) is 3. The van der Waals surface area contributed by atoms with Gasteiger partial charge in [0.05, 0.1) is 19.1 Å². The molecule has 0 bridgehead atoms. The molecule has 0 aliphatic rings. The Kier molecular flexibility index (Phi) is 12.2. The van der Waals surface area contributed by atoms with Gasteiger partial charge in [-0.1, -0.05) is 12.0 Å². The predicted molar refractivity (Wildman–Crippen MR) is 74.3 cm³/mol. The van der Waals surface area contributed by atoms with Gasteiger partial charge in [-0.2, -0.15) is 0 Å². The number of hydrogen-bond donors (Lipinski definition) is 2. The number of allylic oxidation sites excluding steroid dienone is 1. The summed E-state index contributed by atoms with van der Waals surface area (Å²) in [6, 6.07) is 0. The van der Waals surface area contributed by atoms with Crippen LogP contribution < -0.4 is 0 Å². The van der Waals surface area contributed by atoms with Crippen molar-refractivity contribution in [2.45, 2.75) is 51.0 Å². The summed E-state index contributed by atoms with van der Waals surface area (Å²) in [5.74, 6) is 5.00. The SMILES string of the molecule is C=CCCCC(O)CC(=O)OCCCCC#CCO. The Morgan fingerprint density at radius 3 is 2.79 bits per heavy atom. The summed E-state index contributed by atoms with van der Waals surface area (Å²) in [6.45, 7) is 3.85. The van der Waals surface area contributed by atoms with Crippen molar-refractivity contribution in [2.24, 2.45) is 0 Å². The molecule has 0 amide bonds. The van der Waals surface area contributed by atoms with E-state index >= 15 is 0 Å². The zero-order chi connectivity index (χ0) is 14.3. The number of carbonyl (C=O) groups excluding carboxylic acids is 1. The molecule has 0 saturated heterocycles. The smallest absolute Gasteiger partial charge is 0.308 e. The van der Waals surface area contributed by atoms with Crippen molar-refractivity contribution >= 4 is 5.97 Å². The van der Waals surface area contributed by atoms with E-state index < -0.39 is 6.10 Å². The maximum absolute atomic E-state index is 11.4. The van der Waals surface area contributed by atoms with Crippen LogP contribution in [0.5, 0.6) is 0 Å². The van der Waals surface area contributed by atoms with Crippen LogP contribution in [0.25, 0.3) is 0 Å². The van der Waals surface area contributed by atoms with E-state index in [1.165, 1.54) is 0 Å². The maximum atomic E-state index is 11.4. The van der Waals surface area contributed by atoms with Gasteiger partial charge in [0, 0.05) is 6.42 Å². The average molecular weight is 268 g/mol. The molecule has 4 nitrogen and oxygen atoms in total. The van der Waals surface area contributed by atoms with Gasteiger partial charge < -0.3 is 14.9 Å². The summed E-state index contributed by atoms with van der Waals surface area (Å²) in [7, 11) is 0. The first-order valence-electron chi connectivity index (χ1n) is 6.72. The van der Waals surface area contributed by atoms with Gasteiger partial charge in [0.15, 0.2) is 0 Å². The van der Waals surface area contributed by atoms with Crippen LogP contribution in [0.2, 0.25) is 0 Å². The van der Waals surface area contributed by atoms with Crippen molar-refractivity contribution in [1.29, 1.82) is 0 Å². The van der Waals surface area contributed by atoms with E-state index in [4.69, 9.17) is 9.84 Å². The lowest BCUT2D eigenvalue weighted by molar-refractivity contribution is -0.146. The van der Waals surface area contributed by atoms with E-state index in [0.717, 1.165) is 25.7 Å². The molecule has 0 rings (SSSR count). The predicted octanol–water partition coefficient (Wildman–Crippen LogP) is 1.80. The van der Waals surface area contributed by atoms with Gasteiger partial charge in [-0.05, 0) is 32.1 Å². The fourth-order valence-corrected chi connectivity index (χ4v) is 1.50. The molecular weight excluding hydrogens is 244 g/mol. The quantitative estimate of drug-likeness (QED) is 0.274. The minimum atomic E-state index is -0.622. The highest BCUT2D eigenvalue weighted by molar-refractivity contribution is 5.69. The first-order chi connectivity index (χ1) is 9.20. The largest absolute Gasteiger partial charge is 0.466 e. The highest BCUT2D eigenvalue weighted by Crippen LogP contribution is 2.06. The van der Waals surface area contributed by atoms with Gasteiger partial charge in [0.25, 0.3) is 0 Å². The molecule has 4 heteroatoms. The van der Waals surface area contributed by atoms with Crippen molar-refractivity contribution in [3.05, 3.63) is 12.7 Å². The standard InChI is InChI=1S/C15H24O4/c1-2-3-7-10-14(17)13-15(18)19-12-9-6-4-5-8-11-16/h2,14,16-17H,1,3-4,6-7,9-13H2. The van der Waals surface area contributed by atoms with Gasteiger partial charge in [0.2, 0.25) is 0 Å². The molecule has 0 aromatic carbocycles. The average Bonchev–Trinajstić information content (AvgIpc) is 2.38. The molecular formula is C15H24O4. The van der Waals surface area contributed by atoms with Crippen molar-refractivity contribution in [2.75, 3.05) is 13.2 Å². The highest BCUT2D eigenvalue weighted by Gasteiger charge is 2.11. The first-order valence-corrected chi connectivity index (χ1v) is 6.72. The summed E-state index contributed by atoms with van der Waals surface area (Å²) < 4.78 is 5.01. The van der Waals surface area contributed by atoms with E-state index in [2.05, 4.69) is 18.4 Å². The molecule has 0 aliphatic carbocycles. The summed E-state index contributed by atoms with van der Waals surface area (Å²) >= 11 is 0. The van der Waals surface area contributed by atoms with E-state index in [-0.39, 0.29) is 19.0 Å². The van der Waals surface area contributed by atoms with E-state index in [1.807, 2.05) is 0 Å². The Hall–Kier alpha value is -1.31. The number of aliphatic hydroxyl groups excluding tert-OH is 2. The van der Waals surface area contributed by atoms with Gasteiger partial charge in [-0.25, -0.2) is 0 Å². The Morgan fingerprint density at radius 2 is 2.11 bits per heavy atom. The third-order valence-corrected chi connectivity index (χ3v) is 2.51. The fraction of sp³-hybridized carbons (Fsp3) is 0.667. The summed E-state index contributed by atoms with van der Waals surface area (Å²) in [5, 5.41) is 18.0. The molecule has 1 atom stereocenters. The third kappa shape index (κ3) is 12.9. The number of aliphatic hydroxyl groups is 2. The molecule has 108 valence electrons. The minimum Gasteiger partial charge on any atom is -0.466 e. The van der Waals surface area contributed by atoms with Crippen molar-refractivity contribution < 1.29 is 19.7 Å². The lowest BCUT2D eigenvalue weighted by Gasteiger charge is -2.09.